The third-order valence-corrected chi connectivity index (χ3v) is 4.41. The van der Waals surface area contributed by atoms with Crippen molar-refractivity contribution < 1.29 is 4.79 Å². The number of likely N-dealkylation sites (tertiary alicyclic amines) is 1. The van der Waals surface area contributed by atoms with Gasteiger partial charge in [0.15, 0.2) is 0 Å². The van der Waals surface area contributed by atoms with Crippen LogP contribution in [0.1, 0.15) is 50.6 Å². The Hall–Kier alpha value is -0.810. The standard InChI is InChI=1S/C18H29N3O.2ClH/c1-2-3-11-21-12-9-16(10-13-21)20-18(22)14-17(19)15-7-5-4-6-8-15;;/h4-8,16-17H,2-3,9-14,19H2,1H3,(H,20,22);2*1H. The van der Waals surface area contributed by atoms with E-state index in [1.807, 2.05) is 30.3 Å². The molecule has 1 fully saturated rings. The van der Waals surface area contributed by atoms with Crippen molar-refractivity contribution in [1.29, 1.82) is 0 Å². The van der Waals surface area contributed by atoms with Crippen LogP contribution in [0.15, 0.2) is 30.3 Å². The van der Waals surface area contributed by atoms with Gasteiger partial charge in [0.05, 0.1) is 0 Å². The number of halogens is 2. The second-order valence-electron chi connectivity index (χ2n) is 6.26. The van der Waals surface area contributed by atoms with Gasteiger partial charge in [0, 0.05) is 31.6 Å². The van der Waals surface area contributed by atoms with E-state index in [2.05, 4.69) is 17.1 Å². The molecule has 1 aliphatic rings. The van der Waals surface area contributed by atoms with Gasteiger partial charge < -0.3 is 16.0 Å². The van der Waals surface area contributed by atoms with E-state index in [0.717, 1.165) is 31.5 Å². The number of carbonyl (C=O) groups is 1. The Morgan fingerprint density at radius 2 is 1.88 bits per heavy atom. The first kappa shape index (κ1) is 23.2. The average Bonchev–Trinajstić information content (AvgIpc) is 2.55. The molecule has 1 amide bonds. The predicted molar refractivity (Wildman–Crippen MR) is 105 cm³/mol. The zero-order valence-electron chi connectivity index (χ0n) is 14.4. The zero-order chi connectivity index (χ0) is 15.8. The van der Waals surface area contributed by atoms with Gasteiger partial charge in [0.25, 0.3) is 0 Å². The number of carbonyl (C=O) groups excluding carboxylic acids is 1. The van der Waals surface area contributed by atoms with Gasteiger partial charge in [-0.2, -0.15) is 0 Å². The van der Waals surface area contributed by atoms with Crippen molar-refractivity contribution in [2.24, 2.45) is 5.73 Å². The molecule has 0 aromatic heterocycles. The number of rotatable bonds is 7. The minimum Gasteiger partial charge on any atom is -0.353 e. The quantitative estimate of drug-likeness (QED) is 0.768. The topological polar surface area (TPSA) is 58.4 Å². The molecule has 138 valence electrons. The summed E-state index contributed by atoms with van der Waals surface area (Å²) in [7, 11) is 0. The SMILES string of the molecule is CCCCN1CCC(NC(=O)CC(N)c2ccccc2)CC1.Cl.Cl. The highest BCUT2D eigenvalue weighted by Crippen LogP contribution is 2.15. The van der Waals surface area contributed by atoms with Crippen molar-refractivity contribution in [2.45, 2.75) is 51.1 Å². The lowest BCUT2D eigenvalue weighted by molar-refractivity contribution is -0.122. The smallest absolute Gasteiger partial charge is 0.222 e. The van der Waals surface area contributed by atoms with Gasteiger partial charge in [-0.15, -0.1) is 24.8 Å². The van der Waals surface area contributed by atoms with Gasteiger partial charge >= 0.3 is 0 Å². The van der Waals surface area contributed by atoms with E-state index in [4.69, 9.17) is 5.73 Å². The number of benzene rings is 1. The van der Waals surface area contributed by atoms with Gasteiger partial charge in [-0.3, -0.25) is 4.79 Å². The van der Waals surface area contributed by atoms with Crippen molar-refractivity contribution in [3.8, 4) is 0 Å². The average molecular weight is 376 g/mol. The summed E-state index contributed by atoms with van der Waals surface area (Å²) < 4.78 is 0. The molecule has 1 aromatic carbocycles. The molecule has 3 N–H and O–H groups in total. The molecule has 0 radical (unpaired) electrons. The molecular weight excluding hydrogens is 345 g/mol. The molecular formula is C18H31Cl2N3O. The van der Waals surface area contributed by atoms with Crippen LogP contribution in [0.5, 0.6) is 0 Å². The Morgan fingerprint density at radius 1 is 1.25 bits per heavy atom. The van der Waals surface area contributed by atoms with E-state index in [0.29, 0.717) is 12.5 Å². The van der Waals surface area contributed by atoms with Crippen LogP contribution in [0.2, 0.25) is 0 Å². The van der Waals surface area contributed by atoms with Gasteiger partial charge in [-0.1, -0.05) is 43.7 Å². The summed E-state index contributed by atoms with van der Waals surface area (Å²) in [5.74, 6) is 0.0726. The Labute approximate surface area is 158 Å². The third-order valence-electron chi connectivity index (χ3n) is 4.41. The third kappa shape index (κ3) is 7.84. The number of piperidine rings is 1. The largest absolute Gasteiger partial charge is 0.353 e. The van der Waals surface area contributed by atoms with Crippen LogP contribution < -0.4 is 11.1 Å². The number of nitrogens with one attached hydrogen (secondary N) is 1. The summed E-state index contributed by atoms with van der Waals surface area (Å²) in [4.78, 5) is 14.6. The molecule has 0 spiro atoms. The monoisotopic (exact) mass is 375 g/mol. The van der Waals surface area contributed by atoms with Crippen LogP contribution in [0, 0.1) is 0 Å². The normalized spacial score (nSPS) is 16.6. The number of hydrogen-bond acceptors (Lipinski definition) is 3. The summed E-state index contributed by atoms with van der Waals surface area (Å²) in [6.45, 7) is 5.60. The van der Waals surface area contributed by atoms with Gasteiger partial charge in [-0.25, -0.2) is 0 Å². The van der Waals surface area contributed by atoms with Crippen LogP contribution in [0.25, 0.3) is 0 Å². The highest BCUT2D eigenvalue weighted by Gasteiger charge is 2.21. The first-order chi connectivity index (χ1) is 10.7. The zero-order valence-corrected chi connectivity index (χ0v) is 16.1. The van der Waals surface area contributed by atoms with Crippen molar-refractivity contribution in [3.63, 3.8) is 0 Å². The molecule has 0 aliphatic carbocycles. The van der Waals surface area contributed by atoms with Crippen LogP contribution in [-0.2, 0) is 4.79 Å². The Morgan fingerprint density at radius 3 is 2.46 bits per heavy atom. The maximum Gasteiger partial charge on any atom is 0.222 e. The van der Waals surface area contributed by atoms with E-state index in [9.17, 15) is 4.79 Å². The molecule has 1 aromatic rings. The van der Waals surface area contributed by atoms with E-state index >= 15 is 0 Å². The van der Waals surface area contributed by atoms with Crippen LogP contribution >= 0.6 is 24.8 Å². The number of nitrogens with two attached hydrogens (primary N) is 1. The molecule has 1 unspecified atom stereocenters. The summed E-state index contributed by atoms with van der Waals surface area (Å²) in [5.41, 5.74) is 7.13. The molecule has 0 bridgehead atoms. The maximum atomic E-state index is 12.1. The molecule has 24 heavy (non-hydrogen) atoms. The molecule has 2 rings (SSSR count). The molecule has 1 heterocycles. The molecule has 0 saturated carbocycles. The van der Waals surface area contributed by atoms with E-state index in [-0.39, 0.29) is 36.8 Å². The number of amides is 1. The Kier molecular flexibility index (Phi) is 12.1. The van der Waals surface area contributed by atoms with Crippen molar-refractivity contribution in [1.82, 2.24) is 10.2 Å². The maximum absolute atomic E-state index is 12.1. The highest BCUT2D eigenvalue weighted by molar-refractivity contribution is 5.85. The lowest BCUT2D eigenvalue weighted by Crippen LogP contribution is -2.45. The fourth-order valence-electron chi connectivity index (χ4n) is 2.99. The molecule has 6 heteroatoms. The fourth-order valence-corrected chi connectivity index (χ4v) is 2.99. The number of nitrogens with zero attached hydrogens (tertiary/aromatic N) is 1. The minimum atomic E-state index is -0.217. The molecule has 1 aliphatic heterocycles. The molecule has 4 nitrogen and oxygen atoms in total. The highest BCUT2D eigenvalue weighted by atomic mass is 35.5. The second kappa shape index (κ2) is 12.5. The van der Waals surface area contributed by atoms with Crippen molar-refractivity contribution in [2.75, 3.05) is 19.6 Å². The van der Waals surface area contributed by atoms with Gasteiger partial charge in [-0.05, 0) is 31.4 Å². The summed E-state index contributed by atoms with van der Waals surface area (Å²) in [5, 5.41) is 3.15. The summed E-state index contributed by atoms with van der Waals surface area (Å²) in [6.07, 6.45) is 4.98. The van der Waals surface area contributed by atoms with E-state index in [1.54, 1.807) is 0 Å². The number of unbranched alkanes of at least 4 members (excludes halogenated alkanes) is 1. The lowest BCUT2D eigenvalue weighted by atomic mass is 10.0. The van der Waals surface area contributed by atoms with Crippen molar-refractivity contribution >= 4 is 30.7 Å². The summed E-state index contributed by atoms with van der Waals surface area (Å²) in [6, 6.07) is 9.93. The minimum absolute atomic E-state index is 0. The predicted octanol–water partition coefficient (Wildman–Crippen LogP) is 3.30. The first-order valence-corrected chi connectivity index (χ1v) is 8.51. The molecule has 1 atom stereocenters. The van der Waals surface area contributed by atoms with Crippen molar-refractivity contribution in [3.05, 3.63) is 35.9 Å². The lowest BCUT2D eigenvalue weighted by Gasteiger charge is -2.32. The first-order valence-electron chi connectivity index (χ1n) is 8.51. The van der Waals surface area contributed by atoms with Crippen LogP contribution in [0.3, 0.4) is 0 Å². The second-order valence-corrected chi connectivity index (χ2v) is 6.26. The van der Waals surface area contributed by atoms with Gasteiger partial charge in [0.1, 0.15) is 0 Å². The molecule has 1 saturated heterocycles. The van der Waals surface area contributed by atoms with Crippen LogP contribution in [-0.4, -0.2) is 36.5 Å². The Bertz CT molecular complexity index is 451. The number of hydrogen-bond donors (Lipinski definition) is 2. The Balaban J connectivity index is 0.00000264. The van der Waals surface area contributed by atoms with Crippen LogP contribution in [0.4, 0.5) is 0 Å². The summed E-state index contributed by atoms with van der Waals surface area (Å²) >= 11 is 0. The van der Waals surface area contributed by atoms with Gasteiger partial charge in [0.2, 0.25) is 5.91 Å². The fraction of sp³-hybridized carbons (Fsp3) is 0.611. The van der Waals surface area contributed by atoms with E-state index < -0.39 is 0 Å². The van der Waals surface area contributed by atoms with E-state index in [1.165, 1.54) is 19.4 Å².